The predicted molar refractivity (Wildman–Crippen MR) is 283 cm³/mol. The molecule has 7 heteroatoms. The summed E-state index contributed by atoms with van der Waals surface area (Å²) in [7, 11) is 0. The van der Waals surface area contributed by atoms with Crippen molar-refractivity contribution in [3.63, 3.8) is 0 Å². The molecular weight excluding hydrogens is 817 g/mol. The van der Waals surface area contributed by atoms with Gasteiger partial charge in [-0.1, -0.05) is 225 Å². The molecule has 0 heterocycles. The maximum absolute atomic E-state index is 12.9. The highest BCUT2D eigenvalue weighted by atomic mass is 16.5. The summed E-state index contributed by atoms with van der Waals surface area (Å²) in [6.07, 6.45) is 43.1. The van der Waals surface area contributed by atoms with Crippen LogP contribution in [0, 0.1) is 11.8 Å². The standard InChI is InChI=1S/C59H110N2O5/c1-5-9-13-17-21-28-40-56(41-29-22-18-14-10-6-2)53-65-58(63)44-34-26-36-46-60(50-51-62)48-49-61(52-55-38-32-25-33-39-55)47-37-27-35-45-59(64)66-54-57(42-30-23-19-15-11-7-3)43-31-24-20-16-12-8-4/h25,32-33,38-39,56-57,62H,5-24,26-31,34-37,40-54H2,1-4H3. The fraction of sp³-hybridized carbons (Fsp3) is 0.864. The van der Waals surface area contributed by atoms with E-state index in [1.165, 1.54) is 185 Å². The molecule has 1 rings (SSSR count). The van der Waals surface area contributed by atoms with Gasteiger partial charge in [0.25, 0.3) is 0 Å². The molecule has 0 bridgehead atoms. The number of rotatable bonds is 51. The topological polar surface area (TPSA) is 79.3 Å². The molecular formula is C59H110N2O5. The Hall–Kier alpha value is -1.96. The molecule has 1 N–H and O–H groups in total. The molecule has 386 valence electrons. The van der Waals surface area contributed by atoms with Crippen molar-refractivity contribution in [1.29, 1.82) is 0 Å². The normalized spacial score (nSPS) is 11.8. The zero-order valence-electron chi connectivity index (χ0n) is 44.3. The van der Waals surface area contributed by atoms with E-state index in [1.54, 1.807) is 0 Å². The fourth-order valence-corrected chi connectivity index (χ4v) is 9.48. The number of hydrogen-bond acceptors (Lipinski definition) is 7. The SMILES string of the molecule is CCCCCCCCC(CCCCCCCC)COC(=O)CCCCCN(CCO)CCN(CCCCCC(=O)OCC(CCCCCCCC)CCCCCCCC)Cc1ccccc1. The lowest BCUT2D eigenvalue weighted by Crippen LogP contribution is -2.37. The van der Waals surface area contributed by atoms with Gasteiger partial charge in [0.1, 0.15) is 0 Å². The molecule has 0 aliphatic heterocycles. The van der Waals surface area contributed by atoms with Crippen molar-refractivity contribution in [2.45, 2.75) is 265 Å². The highest BCUT2D eigenvalue weighted by Gasteiger charge is 2.15. The molecule has 0 unspecified atom stereocenters. The Balaban J connectivity index is 2.50. The number of esters is 2. The first-order chi connectivity index (χ1) is 32.4. The van der Waals surface area contributed by atoms with Crippen LogP contribution in [-0.4, -0.2) is 79.4 Å². The van der Waals surface area contributed by atoms with Gasteiger partial charge in [0, 0.05) is 39.0 Å². The van der Waals surface area contributed by atoms with Gasteiger partial charge >= 0.3 is 11.9 Å². The molecule has 0 spiro atoms. The first-order valence-corrected chi connectivity index (χ1v) is 28.9. The van der Waals surface area contributed by atoms with Crippen LogP contribution in [0.3, 0.4) is 0 Å². The van der Waals surface area contributed by atoms with Crippen LogP contribution >= 0.6 is 0 Å². The summed E-state index contributed by atoms with van der Waals surface area (Å²) < 4.78 is 11.8. The molecule has 0 aliphatic rings. The quantitative estimate of drug-likeness (QED) is 0.0515. The van der Waals surface area contributed by atoms with Crippen molar-refractivity contribution in [3.8, 4) is 0 Å². The summed E-state index contributed by atoms with van der Waals surface area (Å²) >= 11 is 0. The summed E-state index contributed by atoms with van der Waals surface area (Å²) in [5, 5.41) is 9.93. The minimum atomic E-state index is -0.0298. The first kappa shape index (κ1) is 62.1. The zero-order valence-corrected chi connectivity index (χ0v) is 44.3. The number of carbonyl (C=O) groups excluding carboxylic acids is 2. The lowest BCUT2D eigenvalue weighted by Gasteiger charge is -2.27. The van der Waals surface area contributed by atoms with Crippen LogP contribution in [-0.2, 0) is 25.6 Å². The van der Waals surface area contributed by atoms with E-state index in [0.29, 0.717) is 44.4 Å². The molecule has 1 aromatic rings. The smallest absolute Gasteiger partial charge is 0.305 e. The maximum atomic E-state index is 12.9. The van der Waals surface area contributed by atoms with Crippen molar-refractivity contribution in [3.05, 3.63) is 35.9 Å². The third kappa shape index (κ3) is 40.0. The molecule has 66 heavy (non-hydrogen) atoms. The Kier molecular flexibility index (Phi) is 45.2. The number of benzene rings is 1. The number of carbonyl (C=O) groups is 2. The van der Waals surface area contributed by atoms with E-state index < -0.39 is 0 Å². The van der Waals surface area contributed by atoms with E-state index in [2.05, 4.69) is 67.8 Å². The molecule has 1 aromatic carbocycles. The van der Waals surface area contributed by atoms with Crippen LogP contribution in [0.4, 0.5) is 0 Å². The minimum Gasteiger partial charge on any atom is -0.465 e. The molecule has 0 fully saturated rings. The highest BCUT2D eigenvalue weighted by molar-refractivity contribution is 5.69. The van der Waals surface area contributed by atoms with E-state index in [9.17, 15) is 14.7 Å². The van der Waals surface area contributed by atoms with Crippen molar-refractivity contribution >= 4 is 11.9 Å². The lowest BCUT2D eigenvalue weighted by molar-refractivity contribution is -0.146. The monoisotopic (exact) mass is 927 g/mol. The molecule has 0 saturated heterocycles. The Morgan fingerprint density at radius 1 is 0.424 bits per heavy atom. The van der Waals surface area contributed by atoms with Gasteiger partial charge < -0.3 is 14.6 Å². The van der Waals surface area contributed by atoms with Crippen molar-refractivity contribution < 1.29 is 24.2 Å². The van der Waals surface area contributed by atoms with Gasteiger partial charge in [-0.2, -0.15) is 0 Å². The molecule has 0 aromatic heterocycles. The predicted octanol–water partition coefficient (Wildman–Crippen LogP) is 16.2. The summed E-state index contributed by atoms with van der Waals surface area (Å²) in [6.45, 7) is 15.7. The van der Waals surface area contributed by atoms with Gasteiger partial charge in [-0.05, 0) is 81.9 Å². The number of aliphatic hydroxyl groups excluding tert-OH is 1. The highest BCUT2D eigenvalue weighted by Crippen LogP contribution is 2.22. The molecule has 7 nitrogen and oxygen atoms in total. The third-order valence-corrected chi connectivity index (χ3v) is 13.9. The van der Waals surface area contributed by atoms with Crippen LogP contribution in [0.15, 0.2) is 30.3 Å². The van der Waals surface area contributed by atoms with Crippen LogP contribution < -0.4 is 0 Å². The number of unbranched alkanes of at least 4 members (excludes halogenated alkanes) is 24. The van der Waals surface area contributed by atoms with Crippen molar-refractivity contribution in [1.82, 2.24) is 9.80 Å². The summed E-state index contributed by atoms with van der Waals surface area (Å²) in [6, 6.07) is 10.7. The molecule has 0 saturated carbocycles. The number of nitrogens with zero attached hydrogens (tertiary/aromatic N) is 2. The van der Waals surface area contributed by atoms with Crippen molar-refractivity contribution in [2.75, 3.05) is 52.5 Å². The summed E-state index contributed by atoms with van der Waals surface area (Å²) in [5.41, 5.74) is 1.31. The number of hydrogen-bond donors (Lipinski definition) is 1. The van der Waals surface area contributed by atoms with Crippen LogP contribution in [0.2, 0.25) is 0 Å². The first-order valence-electron chi connectivity index (χ1n) is 28.9. The fourth-order valence-electron chi connectivity index (χ4n) is 9.48. The Morgan fingerprint density at radius 2 is 0.773 bits per heavy atom. The summed E-state index contributed by atoms with van der Waals surface area (Å²) in [5.74, 6) is 0.965. The number of aliphatic hydroxyl groups is 1. The largest absolute Gasteiger partial charge is 0.465 e. The second kappa shape index (κ2) is 48.1. The Morgan fingerprint density at radius 3 is 1.17 bits per heavy atom. The molecule has 0 radical (unpaired) electrons. The van der Waals surface area contributed by atoms with Gasteiger partial charge in [0.05, 0.1) is 19.8 Å². The molecule has 0 aliphatic carbocycles. The van der Waals surface area contributed by atoms with Gasteiger partial charge in [0.15, 0.2) is 0 Å². The zero-order chi connectivity index (χ0) is 47.8. The van der Waals surface area contributed by atoms with Gasteiger partial charge in [-0.25, -0.2) is 0 Å². The second-order valence-corrected chi connectivity index (χ2v) is 20.3. The van der Waals surface area contributed by atoms with E-state index >= 15 is 0 Å². The van der Waals surface area contributed by atoms with Crippen LogP contribution in [0.1, 0.15) is 264 Å². The van der Waals surface area contributed by atoms with Crippen molar-refractivity contribution in [2.24, 2.45) is 11.8 Å². The number of ether oxygens (including phenoxy) is 2. The van der Waals surface area contributed by atoms with Gasteiger partial charge in [-0.3, -0.25) is 19.4 Å². The Labute approximate surface area is 410 Å². The van der Waals surface area contributed by atoms with E-state index in [-0.39, 0.29) is 18.5 Å². The van der Waals surface area contributed by atoms with Crippen LogP contribution in [0.5, 0.6) is 0 Å². The van der Waals surface area contributed by atoms with E-state index in [4.69, 9.17) is 9.47 Å². The third-order valence-electron chi connectivity index (χ3n) is 13.9. The Bertz CT molecular complexity index is 1130. The van der Waals surface area contributed by atoms with Crippen LogP contribution in [0.25, 0.3) is 0 Å². The lowest BCUT2D eigenvalue weighted by atomic mass is 9.94. The van der Waals surface area contributed by atoms with E-state index in [0.717, 1.165) is 71.2 Å². The maximum Gasteiger partial charge on any atom is 0.305 e. The molecule has 0 amide bonds. The van der Waals surface area contributed by atoms with Gasteiger partial charge in [0.2, 0.25) is 0 Å². The van der Waals surface area contributed by atoms with Gasteiger partial charge in [-0.15, -0.1) is 0 Å². The second-order valence-electron chi connectivity index (χ2n) is 20.3. The minimum absolute atomic E-state index is 0.0187. The van der Waals surface area contributed by atoms with E-state index in [1.807, 2.05) is 0 Å². The average Bonchev–Trinajstić information content (AvgIpc) is 3.32. The summed E-state index contributed by atoms with van der Waals surface area (Å²) in [4.78, 5) is 30.6. The average molecular weight is 928 g/mol. The molecule has 0 atom stereocenters.